The van der Waals surface area contributed by atoms with Crippen LogP contribution >= 0.6 is 0 Å². The second kappa shape index (κ2) is 6.94. The van der Waals surface area contributed by atoms with Gasteiger partial charge in [0.15, 0.2) is 0 Å². The van der Waals surface area contributed by atoms with Gasteiger partial charge in [0.25, 0.3) is 0 Å². The molecule has 0 spiro atoms. The monoisotopic (exact) mass is 486 g/mol. The molecule has 1 aromatic carbocycles. The normalized spacial score (nSPS) is 57.6. The lowest BCUT2D eigenvalue weighted by molar-refractivity contribution is -0.536. The smallest absolute Gasteiger partial charge is 0.313 e. The van der Waals surface area contributed by atoms with Crippen LogP contribution in [0.5, 0.6) is 0 Å². The Morgan fingerprint density at radius 3 is 2.57 bits per heavy atom. The zero-order valence-corrected chi connectivity index (χ0v) is 20.0. The highest BCUT2D eigenvalue weighted by Gasteiger charge is 2.85. The molecule has 6 aliphatic rings. The van der Waals surface area contributed by atoms with Crippen molar-refractivity contribution in [3.05, 3.63) is 48.0 Å². The van der Waals surface area contributed by atoms with Crippen molar-refractivity contribution in [2.45, 2.75) is 86.4 Å². The number of ether oxygens (including phenoxy) is 4. The largest absolute Gasteiger partial charge is 0.393 e. The van der Waals surface area contributed by atoms with Gasteiger partial charge in [0.05, 0.1) is 30.5 Å². The zero-order chi connectivity index (χ0) is 24.5. The van der Waals surface area contributed by atoms with E-state index in [-0.39, 0.29) is 30.0 Å². The SMILES string of the molecule is C=C(C)C1O[C@@]2(c3ccccc3)O[C@H]3C1CC[C@@]1(O2)C3[C@@H]2O[C@]2(CO)[C@@H](O)[C@@]2(O)C1C[C@H](C)[C@@H]2O. The summed E-state index contributed by atoms with van der Waals surface area (Å²) in [6.07, 6.45) is -2.15. The molecule has 7 rings (SSSR count). The molecule has 3 bridgehead atoms. The molecule has 3 saturated heterocycles. The fourth-order valence-corrected chi connectivity index (χ4v) is 8.54. The summed E-state index contributed by atoms with van der Waals surface area (Å²) < 4.78 is 26.5. The molecule has 0 aromatic heterocycles. The van der Waals surface area contributed by atoms with Crippen molar-refractivity contribution >= 4 is 0 Å². The lowest BCUT2D eigenvalue weighted by Crippen LogP contribution is -2.75. The number of aliphatic hydroxyl groups is 4. The van der Waals surface area contributed by atoms with Crippen molar-refractivity contribution in [2.24, 2.45) is 23.7 Å². The highest BCUT2D eigenvalue weighted by atomic mass is 16.9. The van der Waals surface area contributed by atoms with E-state index in [1.807, 2.05) is 44.2 Å². The molecule has 13 atom stereocenters. The minimum Gasteiger partial charge on any atom is -0.393 e. The Kier molecular flexibility index (Phi) is 4.52. The molecule has 4 unspecified atom stereocenters. The van der Waals surface area contributed by atoms with Gasteiger partial charge in [-0.15, -0.1) is 0 Å². The fourth-order valence-electron chi connectivity index (χ4n) is 8.54. The maximum Gasteiger partial charge on any atom is 0.313 e. The molecule has 190 valence electrons. The molecular formula is C27H34O8. The van der Waals surface area contributed by atoms with E-state index in [1.165, 1.54) is 0 Å². The van der Waals surface area contributed by atoms with Crippen molar-refractivity contribution in [3.8, 4) is 0 Å². The molecule has 8 heteroatoms. The summed E-state index contributed by atoms with van der Waals surface area (Å²) in [5.74, 6) is -2.77. The average molecular weight is 487 g/mol. The van der Waals surface area contributed by atoms with Gasteiger partial charge in [0, 0.05) is 23.3 Å². The summed E-state index contributed by atoms with van der Waals surface area (Å²) in [5, 5.41) is 45.4. The lowest BCUT2D eigenvalue weighted by atomic mass is 9.58. The van der Waals surface area contributed by atoms with Crippen LogP contribution in [0.2, 0.25) is 0 Å². The van der Waals surface area contributed by atoms with Crippen LogP contribution in [0.15, 0.2) is 42.5 Å². The summed E-state index contributed by atoms with van der Waals surface area (Å²) in [4.78, 5) is 0. The molecule has 3 saturated carbocycles. The number of benzene rings is 1. The molecule has 8 nitrogen and oxygen atoms in total. The molecule has 6 fully saturated rings. The first-order valence-electron chi connectivity index (χ1n) is 12.8. The highest BCUT2D eigenvalue weighted by Crippen LogP contribution is 2.71. The first-order chi connectivity index (χ1) is 16.6. The molecular weight excluding hydrogens is 452 g/mol. The molecule has 3 aliphatic carbocycles. The van der Waals surface area contributed by atoms with Crippen molar-refractivity contribution in [3.63, 3.8) is 0 Å². The van der Waals surface area contributed by atoms with Crippen molar-refractivity contribution in [1.82, 2.24) is 0 Å². The quantitative estimate of drug-likeness (QED) is 0.372. The van der Waals surface area contributed by atoms with E-state index in [4.69, 9.17) is 18.9 Å². The first-order valence-corrected chi connectivity index (χ1v) is 12.8. The summed E-state index contributed by atoms with van der Waals surface area (Å²) in [5.41, 5.74) is -2.69. The fraction of sp³-hybridized carbons (Fsp3) is 0.704. The molecule has 4 N–H and O–H groups in total. The van der Waals surface area contributed by atoms with Gasteiger partial charge in [0.1, 0.15) is 23.4 Å². The molecule has 1 aromatic rings. The van der Waals surface area contributed by atoms with E-state index in [2.05, 4.69) is 6.58 Å². The highest BCUT2D eigenvalue weighted by molar-refractivity contribution is 5.33. The summed E-state index contributed by atoms with van der Waals surface area (Å²) in [7, 11) is 0. The Morgan fingerprint density at radius 1 is 1.14 bits per heavy atom. The van der Waals surface area contributed by atoms with Crippen LogP contribution in [0.25, 0.3) is 0 Å². The van der Waals surface area contributed by atoms with Gasteiger partial charge in [-0.1, -0.05) is 49.4 Å². The van der Waals surface area contributed by atoms with Crippen LogP contribution in [0, 0.1) is 23.7 Å². The lowest BCUT2D eigenvalue weighted by Gasteiger charge is -2.66. The summed E-state index contributed by atoms with van der Waals surface area (Å²) in [6, 6.07) is 9.51. The van der Waals surface area contributed by atoms with Crippen LogP contribution in [0.4, 0.5) is 0 Å². The minimum atomic E-state index is -1.91. The Balaban J connectivity index is 1.46. The average Bonchev–Trinajstić information content (AvgIpc) is 3.54. The van der Waals surface area contributed by atoms with Crippen LogP contribution in [-0.4, -0.2) is 74.4 Å². The van der Waals surface area contributed by atoms with Gasteiger partial charge in [-0.25, -0.2) is 0 Å². The van der Waals surface area contributed by atoms with Gasteiger partial charge in [0.2, 0.25) is 0 Å². The van der Waals surface area contributed by atoms with Gasteiger partial charge in [-0.05, 0) is 32.1 Å². The second-order valence-corrected chi connectivity index (χ2v) is 11.8. The predicted octanol–water partition coefficient (Wildman–Crippen LogP) is 1.20. The van der Waals surface area contributed by atoms with Crippen LogP contribution in [0.1, 0.15) is 38.7 Å². The first kappa shape index (κ1) is 22.8. The van der Waals surface area contributed by atoms with Crippen molar-refractivity contribution in [2.75, 3.05) is 6.61 Å². The minimum absolute atomic E-state index is 0.0148. The second-order valence-electron chi connectivity index (χ2n) is 11.8. The maximum atomic E-state index is 12.1. The van der Waals surface area contributed by atoms with Crippen molar-refractivity contribution in [1.29, 1.82) is 0 Å². The Bertz CT molecular complexity index is 1060. The topological polar surface area (TPSA) is 121 Å². The van der Waals surface area contributed by atoms with Gasteiger partial charge in [-0.2, -0.15) is 0 Å². The van der Waals surface area contributed by atoms with Crippen LogP contribution in [-0.2, 0) is 24.9 Å². The molecule has 0 radical (unpaired) electrons. The van der Waals surface area contributed by atoms with E-state index >= 15 is 0 Å². The standard InChI is InChI=1S/C27H34O8/c1-13(2)19-16-9-10-24-17-11-14(3)21(29)26(17,31)23(30)25(12-28)22(34-25)18(24)20(16)33-27(32-19,35-24)15-7-5-4-6-8-15/h4-8,14,16-23,28-31H,1,9-12H2,2-3H3/t14-,16?,17?,18?,19?,20-,21-,22-,23+,24-,25-,26+,27-/m0/s1. The molecule has 3 heterocycles. The molecule has 3 aliphatic heterocycles. The maximum absolute atomic E-state index is 12.1. The number of epoxide rings is 1. The Hall–Kier alpha value is -1.36. The van der Waals surface area contributed by atoms with Gasteiger partial charge >= 0.3 is 5.97 Å². The van der Waals surface area contributed by atoms with E-state index < -0.39 is 53.6 Å². The third-order valence-corrected chi connectivity index (χ3v) is 10.1. The predicted molar refractivity (Wildman–Crippen MR) is 122 cm³/mol. The Labute approximate surface area is 204 Å². The number of hydrogen-bond donors (Lipinski definition) is 4. The van der Waals surface area contributed by atoms with E-state index in [0.717, 1.165) is 12.0 Å². The number of fused-ring (bicyclic) bond motifs is 3. The van der Waals surface area contributed by atoms with Crippen LogP contribution in [0.3, 0.4) is 0 Å². The number of hydrogen-bond acceptors (Lipinski definition) is 8. The van der Waals surface area contributed by atoms with Gasteiger partial charge < -0.3 is 39.4 Å². The van der Waals surface area contributed by atoms with Crippen molar-refractivity contribution < 1.29 is 39.4 Å². The summed E-state index contributed by atoms with van der Waals surface area (Å²) in [6.45, 7) is 7.55. The van der Waals surface area contributed by atoms with E-state index in [1.54, 1.807) is 0 Å². The van der Waals surface area contributed by atoms with Crippen LogP contribution < -0.4 is 0 Å². The van der Waals surface area contributed by atoms with E-state index in [0.29, 0.717) is 18.4 Å². The number of aliphatic hydroxyl groups excluding tert-OH is 3. The number of rotatable bonds is 3. The third kappa shape index (κ3) is 2.50. The molecule has 35 heavy (non-hydrogen) atoms. The summed E-state index contributed by atoms with van der Waals surface area (Å²) >= 11 is 0. The molecule has 0 amide bonds. The van der Waals surface area contributed by atoms with Gasteiger partial charge in [-0.3, -0.25) is 0 Å². The van der Waals surface area contributed by atoms with E-state index in [9.17, 15) is 20.4 Å². The zero-order valence-electron chi connectivity index (χ0n) is 20.0. The third-order valence-electron chi connectivity index (χ3n) is 10.1. The Morgan fingerprint density at radius 2 is 1.89 bits per heavy atom.